The van der Waals surface area contributed by atoms with Crippen LogP contribution in [0, 0.1) is 5.82 Å². The van der Waals surface area contributed by atoms with Crippen LogP contribution >= 0.6 is 24.0 Å². The van der Waals surface area contributed by atoms with Gasteiger partial charge in [0.25, 0.3) is 0 Å². The first-order valence-electron chi connectivity index (χ1n) is 16.8. The molecular formula is C41H40Cl2FN3O5. The van der Waals surface area contributed by atoms with Gasteiger partial charge < -0.3 is 23.8 Å². The summed E-state index contributed by atoms with van der Waals surface area (Å²) in [6.45, 7) is 4.61. The normalized spacial score (nSPS) is 13.0. The first-order valence-corrected chi connectivity index (χ1v) is 17.1. The molecule has 0 aliphatic carbocycles. The van der Waals surface area contributed by atoms with Gasteiger partial charge in [0, 0.05) is 61.9 Å². The van der Waals surface area contributed by atoms with Crippen molar-refractivity contribution in [3.8, 4) is 28.9 Å². The highest BCUT2D eigenvalue weighted by molar-refractivity contribution is 6.31. The van der Waals surface area contributed by atoms with Crippen molar-refractivity contribution in [2.45, 2.75) is 19.6 Å². The molecule has 6 rings (SSSR count). The zero-order valence-electron chi connectivity index (χ0n) is 28.8. The monoisotopic (exact) mass is 743 g/mol. The molecule has 8 nitrogen and oxygen atoms in total. The van der Waals surface area contributed by atoms with Gasteiger partial charge >= 0.3 is 0 Å². The lowest BCUT2D eigenvalue weighted by molar-refractivity contribution is -0.127. The maximum atomic E-state index is 13.1. The molecular weight excluding hydrogens is 704 g/mol. The summed E-state index contributed by atoms with van der Waals surface area (Å²) in [5.41, 5.74) is 4.11. The van der Waals surface area contributed by atoms with Gasteiger partial charge in [0.1, 0.15) is 23.9 Å². The molecule has 1 aromatic heterocycles. The zero-order chi connectivity index (χ0) is 35.4. The standard InChI is InChI=1S/C41H39ClFN3O5.ClH/c1-48-39-26-31(10-17-38(39)51-40-18-16-36(27-44-40)50-29-33-4-2-3-5-37(33)42)11-19-41(47)46-23-21-45(22-24-46)28-32-8-6-30(7-9-32)20-25-49-35-14-12-34(43)13-15-35;/h2-19,26-27H,20-25,28-29H2,1H3;1H/b19-11+;. The van der Waals surface area contributed by atoms with Crippen LogP contribution in [-0.4, -0.2) is 60.6 Å². The number of carbonyl (C=O) groups excluding carboxylic acids is 1. The lowest BCUT2D eigenvalue weighted by atomic mass is 10.1. The highest BCUT2D eigenvalue weighted by Crippen LogP contribution is 2.32. The van der Waals surface area contributed by atoms with Gasteiger partial charge in [-0.2, -0.15) is 0 Å². The lowest BCUT2D eigenvalue weighted by Gasteiger charge is -2.34. The molecule has 0 saturated carbocycles. The number of rotatable bonds is 14. The zero-order valence-corrected chi connectivity index (χ0v) is 30.3. The maximum Gasteiger partial charge on any atom is 0.246 e. The second-order valence-corrected chi connectivity index (χ2v) is 12.4. The average molecular weight is 745 g/mol. The van der Waals surface area contributed by atoms with Crippen LogP contribution in [0.3, 0.4) is 0 Å². The Morgan fingerprint density at radius 3 is 2.29 bits per heavy atom. The largest absolute Gasteiger partial charge is 0.493 e. The third-order valence-corrected chi connectivity index (χ3v) is 8.84. The van der Waals surface area contributed by atoms with E-state index in [1.807, 2.05) is 41.3 Å². The van der Waals surface area contributed by atoms with Gasteiger partial charge in [-0.05, 0) is 71.3 Å². The van der Waals surface area contributed by atoms with E-state index in [1.165, 1.54) is 23.3 Å². The molecule has 52 heavy (non-hydrogen) atoms. The molecule has 5 aromatic rings. The number of carbonyl (C=O) groups is 1. The van der Waals surface area contributed by atoms with Crippen molar-refractivity contribution >= 4 is 36.0 Å². The first kappa shape index (κ1) is 38.1. The smallest absolute Gasteiger partial charge is 0.246 e. The molecule has 0 unspecified atom stereocenters. The summed E-state index contributed by atoms with van der Waals surface area (Å²) in [7, 11) is 1.57. The van der Waals surface area contributed by atoms with Crippen molar-refractivity contribution in [1.82, 2.24) is 14.8 Å². The molecule has 1 saturated heterocycles. The summed E-state index contributed by atoms with van der Waals surface area (Å²) in [5, 5.41) is 0.651. The average Bonchev–Trinajstić information content (AvgIpc) is 3.16. The van der Waals surface area contributed by atoms with E-state index in [4.69, 9.17) is 30.5 Å². The number of ether oxygens (including phenoxy) is 4. The Bertz CT molecular complexity index is 1920. The molecule has 0 N–H and O–H groups in total. The number of pyridine rings is 1. The number of aromatic nitrogens is 1. The van der Waals surface area contributed by atoms with Gasteiger partial charge in [0.15, 0.2) is 11.5 Å². The van der Waals surface area contributed by atoms with Gasteiger partial charge in [0.2, 0.25) is 11.8 Å². The van der Waals surface area contributed by atoms with E-state index in [0.29, 0.717) is 60.2 Å². The van der Waals surface area contributed by atoms with Crippen LogP contribution in [0.25, 0.3) is 6.08 Å². The van der Waals surface area contributed by atoms with Crippen LogP contribution in [0.5, 0.6) is 28.9 Å². The van der Waals surface area contributed by atoms with Crippen molar-refractivity contribution in [2.75, 3.05) is 39.9 Å². The molecule has 2 heterocycles. The molecule has 0 spiro atoms. The molecule has 1 amide bonds. The number of hydrogen-bond acceptors (Lipinski definition) is 7. The van der Waals surface area contributed by atoms with Gasteiger partial charge in [-0.15, -0.1) is 12.4 Å². The fourth-order valence-electron chi connectivity index (χ4n) is 5.56. The summed E-state index contributed by atoms with van der Waals surface area (Å²) < 4.78 is 36.1. The van der Waals surface area contributed by atoms with Crippen LogP contribution in [-0.2, 0) is 24.4 Å². The molecule has 0 bridgehead atoms. The summed E-state index contributed by atoms with van der Waals surface area (Å²) in [4.78, 5) is 21.6. The summed E-state index contributed by atoms with van der Waals surface area (Å²) >= 11 is 6.21. The van der Waals surface area contributed by atoms with Gasteiger partial charge in [-0.3, -0.25) is 9.69 Å². The predicted molar refractivity (Wildman–Crippen MR) is 203 cm³/mol. The van der Waals surface area contributed by atoms with E-state index in [-0.39, 0.29) is 24.1 Å². The molecule has 1 fully saturated rings. The van der Waals surface area contributed by atoms with Crippen LogP contribution in [0.4, 0.5) is 4.39 Å². The van der Waals surface area contributed by atoms with E-state index >= 15 is 0 Å². The quantitative estimate of drug-likeness (QED) is 0.105. The van der Waals surface area contributed by atoms with Crippen molar-refractivity contribution in [2.24, 2.45) is 0 Å². The maximum absolute atomic E-state index is 13.1. The van der Waals surface area contributed by atoms with E-state index in [0.717, 1.165) is 37.2 Å². The van der Waals surface area contributed by atoms with Crippen LogP contribution in [0.15, 0.2) is 115 Å². The van der Waals surface area contributed by atoms with Crippen LogP contribution < -0.4 is 18.9 Å². The molecule has 11 heteroatoms. The second kappa shape index (κ2) is 18.9. The minimum absolute atomic E-state index is 0. The summed E-state index contributed by atoms with van der Waals surface area (Å²) in [5.74, 6) is 2.36. The predicted octanol–water partition coefficient (Wildman–Crippen LogP) is 8.65. The number of hydrogen-bond donors (Lipinski definition) is 0. The van der Waals surface area contributed by atoms with E-state index in [1.54, 1.807) is 55.8 Å². The van der Waals surface area contributed by atoms with Crippen LogP contribution in [0.2, 0.25) is 5.02 Å². The Kier molecular flexibility index (Phi) is 13.9. The molecule has 4 aromatic carbocycles. The number of halogens is 3. The Morgan fingerprint density at radius 1 is 0.846 bits per heavy atom. The Labute approximate surface area is 314 Å². The minimum Gasteiger partial charge on any atom is -0.493 e. The van der Waals surface area contributed by atoms with Gasteiger partial charge in [-0.25, -0.2) is 9.37 Å². The molecule has 1 aliphatic rings. The van der Waals surface area contributed by atoms with Crippen LogP contribution in [0.1, 0.15) is 22.3 Å². The first-order chi connectivity index (χ1) is 24.9. The van der Waals surface area contributed by atoms with Gasteiger partial charge in [0.05, 0.1) is 19.9 Å². The van der Waals surface area contributed by atoms with Crippen molar-refractivity contribution in [1.29, 1.82) is 0 Å². The Hall–Kier alpha value is -5.09. The van der Waals surface area contributed by atoms with E-state index < -0.39 is 0 Å². The highest BCUT2D eigenvalue weighted by atomic mass is 35.5. The molecule has 0 atom stereocenters. The summed E-state index contributed by atoms with van der Waals surface area (Å²) in [6, 6.07) is 31.1. The third-order valence-electron chi connectivity index (χ3n) is 8.47. The SMILES string of the molecule is COc1cc(/C=C/C(=O)N2CCN(Cc3ccc(CCOc4ccc(F)cc4)cc3)CC2)ccc1Oc1ccc(OCc2ccccc2Cl)cn1.Cl. The number of nitrogens with zero attached hydrogens (tertiary/aromatic N) is 3. The van der Waals surface area contributed by atoms with Crippen molar-refractivity contribution in [3.05, 3.63) is 148 Å². The minimum atomic E-state index is -0.273. The fraction of sp³-hybridized carbons (Fsp3) is 0.220. The molecule has 1 aliphatic heterocycles. The van der Waals surface area contributed by atoms with Gasteiger partial charge in [-0.1, -0.05) is 60.1 Å². The topological polar surface area (TPSA) is 73.4 Å². The Balaban J connectivity index is 0.00000523. The third kappa shape index (κ3) is 11.0. The number of methoxy groups -OCH3 is 1. The number of amides is 1. The van der Waals surface area contributed by atoms with E-state index in [9.17, 15) is 9.18 Å². The van der Waals surface area contributed by atoms with Crippen molar-refractivity contribution in [3.63, 3.8) is 0 Å². The lowest BCUT2D eigenvalue weighted by Crippen LogP contribution is -2.47. The van der Waals surface area contributed by atoms with Crippen molar-refractivity contribution < 1.29 is 28.1 Å². The number of benzene rings is 4. The molecule has 270 valence electrons. The summed E-state index contributed by atoms with van der Waals surface area (Å²) in [6.07, 6.45) is 5.76. The fourth-order valence-corrected chi connectivity index (χ4v) is 5.75. The second-order valence-electron chi connectivity index (χ2n) is 12.0. The highest BCUT2D eigenvalue weighted by Gasteiger charge is 2.20. The van der Waals surface area contributed by atoms with E-state index in [2.05, 4.69) is 34.1 Å². The number of piperazine rings is 1. The Morgan fingerprint density at radius 2 is 1.58 bits per heavy atom. The molecule has 0 radical (unpaired) electrons.